The zero-order valence-electron chi connectivity index (χ0n) is 11.6. The highest BCUT2D eigenvalue weighted by Crippen LogP contribution is 2.29. The number of nitrogens with one attached hydrogen (secondary N) is 1. The number of amides is 1. The number of nitrogens with two attached hydrogens (primary N) is 1. The zero-order chi connectivity index (χ0) is 12.9. The molecule has 0 heterocycles. The van der Waals surface area contributed by atoms with Gasteiger partial charge in [-0.05, 0) is 31.6 Å². The van der Waals surface area contributed by atoms with Gasteiger partial charge in [0.25, 0.3) is 0 Å². The smallest absolute Gasteiger partial charge is 0.239 e. The van der Waals surface area contributed by atoms with Crippen molar-refractivity contribution in [3.8, 4) is 0 Å². The Hall–Kier alpha value is -0.570. The molecule has 0 radical (unpaired) electrons. The summed E-state index contributed by atoms with van der Waals surface area (Å²) >= 11 is 0. The van der Waals surface area contributed by atoms with Crippen LogP contribution in [-0.2, 0) is 4.79 Å². The number of carbonyl (C=O) groups is 1. The molecule has 17 heavy (non-hydrogen) atoms. The molecule has 0 aromatic carbocycles. The first kappa shape index (κ1) is 14.5. The van der Waals surface area contributed by atoms with Gasteiger partial charge in [-0.3, -0.25) is 4.79 Å². The Morgan fingerprint density at radius 1 is 1.35 bits per heavy atom. The SMILES string of the molecule is CCC(C)(N)C(=O)NCCC1CCC(C)CC1. The summed E-state index contributed by atoms with van der Waals surface area (Å²) in [4.78, 5) is 11.8. The zero-order valence-corrected chi connectivity index (χ0v) is 11.6. The molecule has 1 fully saturated rings. The molecule has 1 saturated carbocycles. The second-order valence-electron chi connectivity index (χ2n) is 5.94. The Bertz CT molecular complexity index is 243. The summed E-state index contributed by atoms with van der Waals surface area (Å²) in [7, 11) is 0. The molecule has 1 aliphatic carbocycles. The van der Waals surface area contributed by atoms with Crippen molar-refractivity contribution in [2.24, 2.45) is 17.6 Å². The maximum absolute atomic E-state index is 11.8. The van der Waals surface area contributed by atoms with E-state index in [1.165, 1.54) is 25.7 Å². The molecule has 0 aromatic rings. The fraction of sp³-hybridized carbons (Fsp3) is 0.929. The summed E-state index contributed by atoms with van der Waals surface area (Å²) in [5, 5.41) is 2.97. The first-order valence-corrected chi connectivity index (χ1v) is 7.03. The summed E-state index contributed by atoms with van der Waals surface area (Å²) in [5.41, 5.74) is 5.18. The number of carbonyl (C=O) groups excluding carboxylic acids is 1. The van der Waals surface area contributed by atoms with Crippen LogP contribution in [-0.4, -0.2) is 18.0 Å². The van der Waals surface area contributed by atoms with Crippen LogP contribution < -0.4 is 11.1 Å². The standard InChI is InChI=1S/C14H28N2O/c1-4-14(3,15)13(17)16-10-9-12-7-5-11(2)6-8-12/h11-12H,4-10,15H2,1-3H3,(H,16,17). The average molecular weight is 240 g/mol. The maximum atomic E-state index is 11.8. The lowest BCUT2D eigenvalue weighted by Gasteiger charge is -2.27. The van der Waals surface area contributed by atoms with E-state index in [0.29, 0.717) is 6.42 Å². The van der Waals surface area contributed by atoms with E-state index in [1.54, 1.807) is 6.92 Å². The lowest BCUT2D eigenvalue weighted by atomic mass is 9.81. The van der Waals surface area contributed by atoms with Crippen LogP contribution in [0.2, 0.25) is 0 Å². The summed E-state index contributed by atoms with van der Waals surface area (Å²) < 4.78 is 0. The van der Waals surface area contributed by atoms with Gasteiger partial charge in [0.1, 0.15) is 0 Å². The minimum atomic E-state index is -0.707. The molecule has 1 rings (SSSR count). The van der Waals surface area contributed by atoms with Crippen molar-refractivity contribution >= 4 is 5.91 Å². The van der Waals surface area contributed by atoms with Gasteiger partial charge in [0.15, 0.2) is 0 Å². The van der Waals surface area contributed by atoms with Crippen molar-refractivity contribution in [1.29, 1.82) is 0 Å². The van der Waals surface area contributed by atoms with Crippen molar-refractivity contribution < 1.29 is 4.79 Å². The van der Waals surface area contributed by atoms with Crippen molar-refractivity contribution in [1.82, 2.24) is 5.32 Å². The lowest BCUT2D eigenvalue weighted by Crippen LogP contribution is -2.51. The second kappa shape index (κ2) is 6.39. The van der Waals surface area contributed by atoms with Crippen LogP contribution in [0.25, 0.3) is 0 Å². The van der Waals surface area contributed by atoms with Gasteiger partial charge in [-0.15, -0.1) is 0 Å². The largest absolute Gasteiger partial charge is 0.355 e. The number of rotatable bonds is 5. The molecule has 0 aliphatic heterocycles. The molecule has 3 N–H and O–H groups in total. The molecule has 0 aromatic heterocycles. The second-order valence-corrected chi connectivity index (χ2v) is 5.94. The molecule has 100 valence electrons. The fourth-order valence-electron chi connectivity index (χ4n) is 2.37. The van der Waals surface area contributed by atoms with E-state index < -0.39 is 5.54 Å². The van der Waals surface area contributed by atoms with Gasteiger partial charge < -0.3 is 11.1 Å². The van der Waals surface area contributed by atoms with Gasteiger partial charge in [-0.2, -0.15) is 0 Å². The van der Waals surface area contributed by atoms with Crippen molar-refractivity contribution in [2.75, 3.05) is 6.54 Å². The highest BCUT2D eigenvalue weighted by Gasteiger charge is 2.25. The highest BCUT2D eigenvalue weighted by molar-refractivity contribution is 5.85. The van der Waals surface area contributed by atoms with Gasteiger partial charge in [-0.1, -0.05) is 39.5 Å². The molecule has 0 spiro atoms. The Balaban J connectivity index is 2.18. The van der Waals surface area contributed by atoms with Gasteiger partial charge in [0.05, 0.1) is 5.54 Å². The lowest BCUT2D eigenvalue weighted by molar-refractivity contribution is -0.125. The van der Waals surface area contributed by atoms with Crippen LogP contribution >= 0.6 is 0 Å². The molecular weight excluding hydrogens is 212 g/mol. The third kappa shape index (κ3) is 4.66. The van der Waals surface area contributed by atoms with E-state index in [0.717, 1.165) is 24.8 Å². The molecule has 3 heteroatoms. The Labute approximate surface area is 106 Å². The van der Waals surface area contributed by atoms with Crippen LogP contribution in [0.15, 0.2) is 0 Å². The summed E-state index contributed by atoms with van der Waals surface area (Å²) in [6, 6.07) is 0. The van der Waals surface area contributed by atoms with Gasteiger partial charge in [0, 0.05) is 6.54 Å². The Kier molecular flexibility index (Phi) is 5.44. The minimum absolute atomic E-state index is 0.0100. The highest BCUT2D eigenvalue weighted by atomic mass is 16.2. The van der Waals surface area contributed by atoms with Crippen LogP contribution in [0.3, 0.4) is 0 Å². The van der Waals surface area contributed by atoms with Crippen molar-refractivity contribution in [3.63, 3.8) is 0 Å². The van der Waals surface area contributed by atoms with Crippen LogP contribution in [0, 0.1) is 11.8 Å². The van der Waals surface area contributed by atoms with E-state index in [-0.39, 0.29) is 5.91 Å². The summed E-state index contributed by atoms with van der Waals surface area (Å²) in [6.45, 7) is 6.86. The monoisotopic (exact) mass is 240 g/mol. The van der Waals surface area contributed by atoms with Crippen molar-refractivity contribution in [3.05, 3.63) is 0 Å². The van der Waals surface area contributed by atoms with E-state index in [4.69, 9.17) is 5.73 Å². The minimum Gasteiger partial charge on any atom is -0.355 e. The Morgan fingerprint density at radius 2 is 1.94 bits per heavy atom. The predicted molar refractivity (Wildman–Crippen MR) is 71.6 cm³/mol. The molecule has 0 bridgehead atoms. The van der Waals surface area contributed by atoms with E-state index in [1.807, 2.05) is 6.92 Å². The predicted octanol–water partition coefficient (Wildman–Crippen LogP) is 2.45. The van der Waals surface area contributed by atoms with Crippen LogP contribution in [0.1, 0.15) is 59.3 Å². The quantitative estimate of drug-likeness (QED) is 0.775. The summed E-state index contributed by atoms with van der Waals surface area (Å²) in [6.07, 6.45) is 7.14. The third-order valence-electron chi connectivity index (χ3n) is 4.23. The van der Waals surface area contributed by atoms with Gasteiger partial charge in [0.2, 0.25) is 5.91 Å². The normalized spacial score (nSPS) is 28.5. The van der Waals surface area contributed by atoms with Crippen molar-refractivity contribution in [2.45, 2.75) is 64.8 Å². The van der Waals surface area contributed by atoms with E-state index >= 15 is 0 Å². The first-order valence-electron chi connectivity index (χ1n) is 7.03. The molecular formula is C14H28N2O. The fourth-order valence-corrected chi connectivity index (χ4v) is 2.37. The van der Waals surface area contributed by atoms with E-state index in [9.17, 15) is 4.79 Å². The summed E-state index contributed by atoms with van der Waals surface area (Å²) in [5.74, 6) is 1.69. The molecule has 1 atom stereocenters. The number of hydrogen-bond donors (Lipinski definition) is 2. The van der Waals surface area contributed by atoms with Crippen LogP contribution in [0.4, 0.5) is 0 Å². The Morgan fingerprint density at radius 3 is 2.47 bits per heavy atom. The molecule has 1 aliphatic rings. The third-order valence-corrected chi connectivity index (χ3v) is 4.23. The van der Waals surface area contributed by atoms with Crippen LogP contribution in [0.5, 0.6) is 0 Å². The molecule has 1 amide bonds. The molecule has 0 saturated heterocycles. The van der Waals surface area contributed by atoms with E-state index in [2.05, 4.69) is 12.2 Å². The molecule has 3 nitrogen and oxygen atoms in total. The first-order chi connectivity index (χ1) is 7.95. The maximum Gasteiger partial charge on any atom is 0.239 e. The number of hydrogen-bond acceptors (Lipinski definition) is 2. The van der Waals surface area contributed by atoms with Gasteiger partial charge >= 0.3 is 0 Å². The van der Waals surface area contributed by atoms with Gasteiger partial charge in [-0.25, -0.2) is 0 Å². The topological polar surface area (TPSA) is 55.1 Å². The molecule has 1 unspecified atom stereocenters. The average Bonchev–Trinajstić information content (AvgIpc) is 2.31.